The van der Waals surface area contributed by atoms with E-state index in [0.29, 0.717) is 18.1 Å². The highest BCUT2D eigenvalue weighted by Gasteiger charge is 2.46. The molecule has 2 aromatic carbocycles. The number of benzene rings is 2. The van der Waals surface area contributed by atoms with Crippen molar-refractivity contribution < 1.29 is 24.2 Å². The van der Waals surface area contributed by atoms with Crippen LogP contribution in [0.5, 0.6) is 5.75 Å². The molecule has 6 nitrogen and oxygen atoms in total. The monoisotopic (exact) mass is 435 g/mol. The second kappa shape index (κ2) is 8.79. The third-order valence-electron chi connectivity index (χ3n) is 6.16. The molecule has 0 aliphatic carbocycles. The SMILES string of the molecule is COCCN1C(=O)C(=O)/C(=C(/O)c2ccc3c(c2)C[C@@H](C)O3)[C@H]1c1ccc(C(C)C)cc1. The predicted octanol–water partition coefficient (Wildman–Crippen LogP) is 4.20. The number of rotatable bonds is 6. The molecule has 0 unspecified atom stereocenters. The Kier molecular flexibility index (Phi) is 6.07. The number of ketones is 1. The van der Waals surface area contributed by atoms with Crippen LogP contribution in [0.1, 0.15) is 55.0 Å². The van der Waals surface area contributed by atoms with E-state index in [2.05, 4.69) is 13.8 Å². The summed E-state index contributed by atoms with van der Waals surface area (Å²) in [5, 5.41) is 11.2. The summed E-state index contributed by atoms with van der Waals surface area (Å²) in [7, 11) is 1.55. The average Bonchev–Trinajstić information content (AvgIpc) is 3.27. The number of ether oxygens (including phenoxy) is 2. The second-order valence-electron chi connectivity index (χ2n) is 8.76. The van der Waals surface area contributed by atoms with Gasteiger partial charge in [-0.15, -0.1) is 0 Å². The largest absolute Gasteiger partial charge is 0.507 e. The summed E-state index contributed by atoms with van der Waals surface area (Å²) in [6.45, 7) is 6.75. The quantitative estimate of drug-likeness (QED) is 0.418. The van der Waals surface area contributed by atoms with Gasteiger partial charge >= 0.3 is 0 Å². The van der Waals surface area contributed by atoms with Crippen molar-refractivity contribution in [3.05, 3.63) is 70.3 Å². The molecule has 1 amide bonds. The Bertz CT molecular complexity index is 1070. The van der Waals surface area contributed by atoms with Crippen LogP contribution in [0.25, 0.3) is 5.76 Å². The number of aliphatic hydroxyl groups excluding tert-OH is 1. The summed E-state index contributed by atoms with van der Waals surface area (Å²) in [6.07, 6.45) is 0.806. The van der Waals surface area contributed by atoms with Gasteiger partial charge in [-0.2, -0.15) is 0 Å². The molecule has 0 saturated carbocycles. The Hall–Kier alpha value is -3.12. The van der Waals surface area contributed by atoms with Crippen LogP contribution in [0, 0.1) is 0 Å². The van der Waals surface area contributed by atoms with Crippen molar-refractivity contribution in [3.63, 3.8) is 0 Å². The number of methoxy groups -OCH3 is 1. The lowest BCUT2D eigenvalue weighted by atomic mass is 9.92. The van der Waals surface area contributed by atoms with Gasteiger partial charge in [-0.1, -0.05) is 38.1 Å². The molecule has 4 rings (SSSR count). The molecule has 2 aliphatic rings. The van der Waals surface area contributed by atoms with E-state index in [-0.39, 0.29) is 24.0 Å². The summed E-state index contributed by atoms with van der Waals surface area (Å²) in [5.74, 6) is -0.319. The number of carbonyl (C=O) groups is 2. The predicted molar refractivity (Wildman–Crippen MR) is 122 cm³/mol. The van der Waals surface area contributed by atoms with E-state index in [0.717, 1.165) is 28.9 Å². The summed E-state index contributed by atoms with van der Waals surface area (Å²) in [6, 6.07) is 12.6. The summed E-state index contributed by atoms with van der Waals surface area (Å²) in [4.78, 5) is 27.5. The highest BCUT2D eigenvalue weighted by Crippen LogP contribution is 2.40. The Morgan fingerprint density at radius 2 is 1.91 bits per heavy atom. The number of hydrogen-bond acceptors (Lipinski definition) is 5. The molecule has 0 radical (unpaired) electrons. The van der Waals surface area contributed by atoms with E-state index in [9.17, 15) is 14.7 Å². The van der Waals surface area contributed by atoms with Gasteiger partial charge < -0.3 is 19.5 Å². The van der Waals surface area contributed by atoms with Gasteiger partial charge in [0, 0.05) is 25.6 Å². The molecule has 6 heteroatoms. The van der Waals surface area contributed by atoms with Crippen LogP contribution in [0.3, 0.4) is 0 Å². The zero-order valence-electron chi connectivity index (χ0n) is 18.9. The van der Waals surface area contributed by atoms with Gasteiger partial charge in [0.2, 0.25) is 0 Å². The van der Waals surface area contributed by atoms with Crippen molar-refractivity contribution in [1.29, 1.82) is 0 Å². The fraction of sp³-hybridized carbons (Fsp3) is 0.385. The van der Waals surface area contributed by atoms with Crippen LogP contribution in [0.4, 0.5) is 0 Å². The van der Waals surface area contributed by atoms with Gasteiger partial charge in [-0.3, -0.25) is 9.59 Å². The van der Waals surface area contributed by atoms with Crippen LogP contribution >= 0.6 is 0 Å². The fourth-order valence-electron chi connectivity index (χ4n) is 4.43. The lowest BCUT2D eigenvalue weighted by Gasteiger charge is -2.25. The van der Waals surface area contributed by atoms with E-state index < -0.39 is 17.7 Å². The summed E-state index contributed by atoms with van der Waals surface area (Å²) >= 11 is 0. The molecule has 2 aliphatic heterocycles. The first-order valence-corrected chi connectivity index (χ1v) is 11.0. The number of amides is 1. The van der Waals surface area contributed by atoms with Crippen molar-refractivity contribution in [2.24, 2.45) is 0 Å². The average molecular weight is 436 g/mol. The highest BCUT2D eigenvalue weighted by atomic mass is 16.5. The van der Waals surface area contributed by atoms with E-state index >= 15 is 0 Å². The van der Waals surface area contributed by atoms with Gasteiger partial charge in [0.25, 0.3) is 11.7 Å². The van der Waals surface area contributed by atoms with E-state index in [4.69, 9.17) is 9.47 Å². The standard InChI is InChI=1S/C26H29NO5/c1-15(2)17-5-7-18(8-6-17)23-22(25(29)26(30)27(23)11-12-31-4)24(28)19-9-10-21-20(14-19)13-16(3)32-21/h5-10,14-16,23,28H,11-13H2,1-4H3/b24-22+/t16-,23-/m1/s1. The van der Waals surface area contributed by atoms with Gasteiger partial charge in [0.15, 0.2) is 0 Å². The maximum atomic E-state index is 13.1. The van der Waals surface area contributed by atoms with E-state index in [1.807, 2.05) is 37.3 Å². The van der Waals surface area contributed by atoms with Crippen LogP contribution < -0.4 is 4.74 Å². The molecule has 0 bridgehead atoms. The number of hydrogen-bond donors (Lipinski definition) is 1. The van der Waals surface area contributed by atoms with Crippen molar-refractivity contribution in [3.8, 4) is 5.75 Å². The number of aliphatic hydroxyl groups is 1. The van der Waals surface area contributed by atoms with Crippen LogP contribution in [0.15, 0.2) is 48.0 Å². The molecule has 2 aromatic rings. The molecule has 2 atom stereocenters. The van der Waals surface area contributed by atoms with Crippen molar-refractivity contribution in [2.75, 3.05) is 20.3 Å². The molecule has 168 valence electrons. The van der Waals surface area contributed by atoms with Crippen LogP contribution in [-0.2, 0) is 20.7 Å². The molecule has 2 heterocycles. The molecule has 0 aromatic heterocycles. The zero-order chi connectivity index (χ0) is 23.0. The molecular weight excluding hydrogens is 406 g/mol. The lowest BCUT2D eigenvalue weighted by Crippen LogP contribution is -2.32. The Labute approximate surface area is 188 Å². The minimum absolute atomic E-state index is 0.0708. The number of carbonyl (C=O) groups excluding carboxylic acids is 2. The number of Topliss-reactive ketones (excluding diaryl/α,β-unsaturated/α-hetero) is 1. The lowest BCUT2D eigenvalue weighted by molar-refractivity contribution is -0.140. The van der Waals surface area contributed by atoms with Gasteiger partial charge in [0.1, 0.15) is 17.6 Å². The topological polar surface area (TPSA) is 76.1 Å². The molecule has 1 saturated heterocycles. The fourth-order valence-corrected chi connectivity index (χ4v) is 4.43. The number of likely N-dealkylation sites (tertiary alicyclic amines) is 1. The Morgan fingerprint density at radius 1 is 1.19 bits per heavy atom. The molecule has 32 heavy (non-hydrogen) atoms. The zero-order valence-corrected chi connectivity index (χ0v) is 18.9. The minimum Gasteiger partial charge on any atom is -0.507 e. The van der Waals surface area contributed by atoms with Crippen LogP contribution in [0.2, 0.25) is 0 Å². The summed E-state index contributed by atoms with van der Waals surface area (Å²) in [5.41, 5.74) is 3.54. The number of nitrogens with zero attached hydrogens (tertiary/aromatic N) is 1. The smallest absolute Gasteiger partial charge is 0.295 e. The third kappa shape index (κ3) is 3.91. The van der Waals surface area contributed by atoms with Crippen molar-refractivity contribution >= 4 is 17.4 Å². The number of fused-ring (bicyclic) bond motifs is 1. The molecular formula is C26H29NO5. The normalized spacial score (nSPS) is 21.8. The van der Waals surface area contributed by atoms with Crippen molar-refractivity contribution in [2.45, 2.75) is 45.3 Å². The first-order chi connectivity index (χ1) is 15.3. The van der Waals surface area contributed by atoms with E-state index in [1.165, 1.54) is 4.90 Å². The van der Waals surface area contributed by atoms with Crippen molar-refractivity contribution in [1.82, 2.24) is 4.90 Å². The Morgan fingerprint density at radius 3 is 2.56 bits per heavy atom. The minimum atomic E-state index is -0.679. The first-order valence-electron chi connectivity index (χ1n) is 11.0. The Balaban J connectivity index is 1.81. The maximum Gasteiger partial charge on any atom is 0.295 e. The molecule has 1 fully saturated rings. The molecule has 0 spiro atoms. The van der Waals surface area contributed by atoms with Gasteiger partial charge in [-0.05, 0) is 47.7 Å². The third-order valence-corrected chi connectivity index (χ3v) is 6.16. The van der Waals surface area contributed by atoms with Gasteiger partial charge in [0.05, 0.1) is 18.2 Å². The van der Waals surface area contributed by atoms with Gasteiger partial charge in [-0.25, -0.2) is 0 Å². The second-order valence-corrected chi connectivity index (χ2v) is 8.76. The van der Waals surface area contributed by atoms with Crippen LogP contribution in [-0.4, -0.2) is 48.1 Å². The summed E-state index contributed by atoms with van der Waals surface area (Å²) < 4.78 is 10.9. The first kappa shape index (κ1) is 22.1. The molecule has 1 N–H and O–H groups in total. The highest BCUT2D eigenvalue weighted by molar-refractivity contribution is 6.46. The maximum absolute atomic E-state index is 13.1. The van der Waals surface area contributed by atoms with E-state index in [1.54, 1.807) is 19.2 Å².